The van der Waals surface area contributed by atoms with E-state index < -0.39 is 0 Å². The van der Waals surface area contributed by atoms with Gasteiger partial charge in [0.1, 0.15) is 0 Å². The lowest BCUT2D eigenvalue weighted by molar-refractivity contribution is -0.120. The number of nitrogens with zero attached hydrogens (tertiary/aromatic N) is 1. The van der Waals surface area contributed by atoms with E-state index in [9.17, 15) is 9.59 Å². The average molecular weight is 506 g/mol. The van der Waals surface area contributed by atoms with Crippen LogP contribution >= 0.6 is 0 Å². The van der Waals surface area contributed by atoms with Gasteiger partial charge < -0.3 is 24.8 Å². The number of rotatable bonds is 14. The monoisotopic (exact) mass is 505 g/mol. The Hall–Kier alpha value is -4.07. The quantitative estimate of drug-likeness (QED) is 0.315. The Morgan fingerprint density at radius 2 is 1.46 bits per heavy atom. The van der Waals surface area contributed by atoms with Crippen molar-refractivity contribution in [1.29, 1.82) is 0 Å². The molecule has 8 nitrogen and oxygen atoms in total. The average Bonchev–Trinajstić information content (AvgIpc) is 2.94. The second-order valence-corrected chi connectivity index (χ2v) is 8.55. The van der Waals surface area contributed by atoms with E-state index in [-0.39, 0.29) is 18.2 Å². The third-order valence-electron chi connectivity index (χ3n) is 5.92. The molecule has 0 fully saturated rings. The standard InChI is InChI=1S/C29H35N3O5/c1-35-25-16-21(17-26(36-2)28(25)37-3)18-27(33)31-14-6-4-5-7-15-32-29(34)23-11-8-10-22(19-23)24-12-9-13-30-20-24/h8-13,16-17,19-20H,4-7,14-15,18H2,1-3H3,(H,31,33)(H,32,34). The predicted molar refractivity (Wildman–Crippen MR) is 143 cm³/mol. The van der Waals surface area contributed by atoms with E-state index >= 15 is 0 Å². The molecule has 1 aromatic heterocycles. The van der Waals surface area contributed by atoms with Crippen LogP contribution in [0, 0.1) is 0 Å². The fourth-order valence-corrected chi connectivity index (χ4v) is 3.99. The van der Waals surface area contributed by atoms with Crippen molar-refractivity contribution in [3.8, 4) is 28.4 Å². The van der Waals surface area contributed by atoms with Crippen LogP contribution in [0.2, 0.25) is 0 Å². The smallest absolute Gasteiger partial charge is 0.251 e. The summed E-state index contributed by atoms with van der Waals surface area (Å²) in [5.41, 5.74) is 3.37. The molecule has 0 spiro atoms. The maximum Gasteiger partial charge on any atom is 0.251 e. The van der Waals surface area contributed by atoms with Crippen LogP contribution in [0.3, 0.4) is 0 Å². The Bertz CT molecular complexity index is 1140. The number of aromatic nitrogens is 1. The molecule has 3 rings (SSSR count). The topological polar surface area (TPSA) is 98.8 Å². The van der Waals surface area contributed by atoms with E-state index in [1.165, 1.54) is 0 Å². The van der Waals surface area contributed by atoms with Crippen LogP contribution in [0.1, 0.15) is 41.6 Å². The van der Waals surface area contributed by atoms with E-state index in [2.05, 4.69) is 15.6 Å². The van der Waals surface area contributed by atoms with Gasteiger partial charge in [0.05, 0.1) is 27.8 Å². The lowest BCUT2D eigenvalue weighted by Crippen LogP contribution is -2.26. The number of carbonyl (C=O) groups excluding carboxylic acids is 2. The Morgan fingerprint density at radius 1 is 0.784 bits per heavy atom. The molecule has 0 aliphatic heterocycles. The minimum atomic E-state index is -0.0789. The maximum absolute atomic E-state index is 12.5. The Kier molecular flexibility index (Phi) is 10.8. The molecule has 2 amide bonds. The summed E-state index contributed by atoms with van der Waals surface area (Å²) in [6, 6.07) is 15.0. The SMILES string of the molecule is COc1cc(CC(=O)NCCCCCCNC(=O)c2cccc(-c3cccnc3)c2)cc(OC)c1OC. The minimum absolute atomic E-state index is 0.0601. The van der Waals surface area contributed by atoms with Crippen LogP contribution in [0.5, 0.6) is 17.2 Å². The van der Waals surface area contributed by atoms with Crippen LogP contribution in [0.4, 0.5) is 0 Å². The molecule has 0 atom stereocenters. The number of nitrogens with one attached hydrogen (secondary N) is 2. The summed E-state index contributed by atoms with van der Waals surface area (Å²) >= 11 is 0. The maximum atomic E-state index is 12.5. The van der Waals surface area contributed by atoms with Crippen LogP contribution in [0.15, 0.2) is 60.9 Å². The number of unbranched alkanes of at least 4 members (excludes halogenated alkanes) is 3. The van der Waals surface area contributed by atoms with Gasteiger partial charge in [-0.05, 0) is 54.3 Å². The summed E-state index contributed by atoms with van der Waals surface area (Å²) in [7, 11) is 4.64. The first-order valence-corrected chi connectivity index (χ1v) is 12.4. The number of hydrogen-bond acceptors (Lipinski definition) is 6. The second kappa shape index (κ2) is 14.5. The zero-order valence-electron chi connectivity index (χ0n) is 21.7. The predicted octanol–water partition coefficient (Wildman–Crippen LogP) is 4.42. The van der Waals surface area contributed by atoms with Crippen molar-refractivity contribution in [2.45, 2.75) is 32.1 Å². The number of amides is 2. The van der Waals surface area contributed by atoms with E-state index in [4.69, 9.17) is 14.2 Å². The molecule has 0 unspecified atom stereocenters. The second-order valence-electron chi connectivity index (χ2n) is 8.55. The first-order valence-electron chi connectivity index (χ1n) is 12.4. The van der Waals surface area contributed by atoms with Crippen LogP contribution in [0.25, 0.3) is 11.1 Å². The molecule has 0 saturated heterocycles. The molecule has 2 aromatic carbocycles. The molecule has 0 saturated carbocycles. The van der Waals surface area contributed by atoms with Crippen molar-refractivity contribution < 1.29 is 23.8 Å². The van der Waals surface area contributed by atoms with Crippen molar-refractivity contribution in [2.75, 3.05) is 34.4 Å². The van der Waals surface area contributed by atoms with E-state index in [0.717, 1.165) is 42.4 Å². The number of hydrogen-bond donors (Lipinski definition) is 2. The van der Waals surface area contributed by atoms with Gasteiger partial charge in [0.2, 0.25) is 11.7 Å². The normalized spacial score (nSPS) is 10.5. The van der Waals surface area contributed by atoms with Crippen molar-refractivity contribution in [2.24, 2.45) is 0 Å². The van der Waals surface area contributed by atoms with Gasteiger partial charge >= 0.3 is 0 Å². The molecule has 3 aromatic rings. The van der Waals surface area contributed by atoms with Crippen molar-refractivity contribution in [1.82, 2.24) is 15.6 Å². The molecule has 1 heterocycles. The van der Waals surface area contributed by atoms with Crippen LogP contribution < -0.4 is 24.8 Å². The largest absolute Gasteiger partial charge is 0.493 e. The summed E-state index contributed by atoms with van der Waals surface area (Å²) < 4.78 is 16.0. The first-order chi connectivity index (χ1) is 18.0. The van der Waals surface area contributed by atoms with E-state index in [1.807, 2.05) is 36.4 Å². The van der Waals surface area contributed by atoms with Gasteiger partial charge in [-0.1, -0.05) is 31.0 Å². The van der Waals surface area contributed by atoms with Crippen molar-refractivity contribution >= 4 is 11.8 Å². The molecule has 2 N–H and O–H groups in total. The molecule has 196 valence electrons. The van der Waals surface area contributed by atoms with Crippen LogP contribution in [-0.4, -0.2) is 51.2 Å². The summed E-state index contributed by atoms with van der Waals surface area (Å²) in [5.74, 6) is 1.42. The number of methoxy groups -OCH3 is 3. The van der Waals surface area contributed by atoms with Crippen molar-refractivity contribution in [3.05, 3.63) is 72.1 Å². The Labute approximate surface area is 218 Å². The van der Waals surface area contributed by atoms with Gasteiger partial charge in [0.25, 0.3) is 5.91 Å². The van der Waals surface area contributed by atoms with Crippen molar-refractivity contribution in [3.63, 3.8) is 0 Å². The Morgan fingerprint density at radius 3 is 2.08 bits per heavy atom. The van der Waals surface area contributed by atoms with Gasteiger partial charge in [0.15, 0.2) is 11.5 Å². The molecule has 0 bridgehead atoms. The lowest BCUT2D eigenvalue weighted by Gasteiger charge is -2.14. The molecule has 0 aliphatic carbocycles. The summed E-state index contributed by atoms with van der Waals surface area (Å²) in [6.07, 6.45) is 7.44. The number of carbonyl (C=O) groups is 2. The highest BCUT2D eigenvalue weighted by Gasteiger charge is 2.15. The first kappa shape index (κ1) is 27.5. The zero-order valence-corrected chi connectivity index (χ0v) is 21.7. The fraction of sp³-hybridized carbons (Fsp3) is 0.345. The molecular formula is C29H35N3O5. The minimum Gasteiger partial charge on any atom is -0.493 e. The summed E-state index contributed by atoms with van der Waals surface area (Å²) in [5, 5.41) is 5.95. The Balaban J connectivity index is 1.31. The molecule has 8 heteroatoms. The molecule has 37 heavy (non-hydrogen) atoms. The third-order valence-corrected chi connectivity index (χ3v) is 5.92. The summed E-state index contributed by atoms with van der Waals surface area (Å²) in [6.45, 7) is 1.22. The summed E-state index contributed by atoms with van der Waals surface area (Å²) in [4.78, 5) is 29.0. The lowest BCUT2D eigenvalue weighted by atomic mass is 10.0. The van der Waals surface area contributed by atoms with E-state index in [0.29, 0.717) is 35.9 Å². The third kappa shape index (κ3) is 8.24. The molecule has 0 radical (unpaired) electrons. The zero-order chi connectivity index (χ0) is 26.5. The highest BCUT2D eigenvalue weighted by molar-refractivity contribution is 5.95. The van der Waals surface area contributed by atoms with Gasteiger partial charge in [0, 0.05) is 36.6 Å². The van der Waals surface area contributed by atoms with Crippen LogP contribution in [-0.2, 0) is 11.2 Å². The van der Waals surface area contributed by atoms with E-state index in [1.54, 1.807) is 45.9 Å². The number of ether oxygens (including phenoxy) is 3. The highest BCUT2D eigenvalue weighted by atomic mass is 16.5. The van der Waals surface area contributed by atoms with Gasteiger partial charge in [-0.3, -0.25) is 14.6 Å². The molecule has 0 aliphatic rings. The highest BCUT2D eigenvalue weighted by Crippen LogP contribution is 2.38. The fourth-order valence-electron chi connectivity index (χ4n) is 3.99. The number of benzene rings is 2. The van der Waals surface area contributed by atoms with Gasteiger partial charge in [-0.15, -0.1) is 0 Å². The van der Waals surface area contributed by atoms with Gasteiger partial charge in [-0.2, -0.15) is 0 Å². The van der Waals surface area contributed by atoms with Gasteiger partial charge in [-0.25, -0.2) is 0 Å². The number of pyridine rings is 1. The molecular weight excluding hydrogens is 470 g/mol.